The number of aromatic nitrogens is 4. The Kier molecular flexibility index (Phi) is 4.26. The van der Waals surface area contributed by atoms with E-state index in [0.717, 1.165) is 11.4 Å². The first-order valence-corrected chi connectivity index (χ1v) is 6.12. The van der Waals surface area contributed by atoms with E-state index in [1.54, 1.807) is 18.6 Å². The molecule has 0 aliphatic rings. The maximum absolute atomic E-state index is 8.76. The monoisotopic (exact) mass is 275 g/mol. The Bertz CT molecular complexity index is 607. The first-order valence-electron chi connectivity index (χ1n) is 6.12. The van der Waals surface area contributed by atoms with Crippen LogP contribution in [0.1, 0.15) is 30.0 Å². The maximum atomic E-state index is 8.76. The van der Waals surface area contributed by atoms with Crippen LogP contribution >= 0.6 is 0 Å². The molecule has 2 heterocycles. The summed E-state index contributed by atoms with van der Waals surface area (Å²) in [5.41, 5.74) is 6.91. The van der Waals surface area contributed by atoms with E-state index < -0.39 is 0 Å². The second-order valence-corrected chi connectivity index (χ2v) is 4.40. The van der Waals surface area contributed by atoms with E-state index in [2.05, 4.69) is 25.7 Å². The van der Waals surface area contributed by atoms with E-state index in [-0.39, 0.29) is 11.9 Å². The Morgan fingerprint density at radius 2 is 2.40 bits per heavy atom. The topological polar surface area (TPSA) is 114 Å². The van der Waals surface area contributed by atoms with Crippen molar-refractivity contribution in [3.63, 3.8) is 0 Å². The van der Waals surface area contributed by atoms with Gasteiger partial charge in [0.1, 0.15) is 17.8 Å². The fourth-order valence-electron chi connectivity index (χ4n) is 1.90. The average Bonchev–Trinajstić information content (AvgIpc) is 2.90. The van der Waals surface area contributed by atoms with E-state index in [4.69, 9.17) is 10.9 Å². The van der Waals surface area contributed by atoms with Crippen molar-refractivity contribution in [2.75, 3.05) is 0 Å². The minimum absolute atomic E-state index is 0.00582. The van der Waals surface area contributed by atoms with E-state index in [1.807, 2.05) is 24.6 Å². The second kappa shape index (κ2) is 6.11. The Morgan fingerprint density at radius 1 is 1.60 bits per heavy atom. The number of aryl methyl sites for hydroxylation is 1. The molecule has 2 rings (SSSR count). The highest BCUT2D eigenvalue weighted by Gasteiger charge is 2.13. The van der Waals surface area contributed by atoms with Gasteiger partial charge in [-0.05, 0) is 18.6 Å². The lowest BCUT2D eigenvalue weighted by atomic mass is 10.1. The van der Waals surface area contributed by atoms with Crippen LogP contribution in [0.2, 0.25) is 0 Å². The smallest absolute Gasteiger partial charge is 0.189 e. The third-order valence-corrected chi connectivity index (χ3v) is 2.97. The molecule has 2 aromatic heterocycles. The molecule has 1 unspecified atom stereocenters. The van der Waals surface area contributed by atoms with Crippen LogP contribution in [-0.4, -0.2) is 30.8 Å². The minimum Gasteiger partial charge on any atom is -0.409 e. The molecule has 0 aromatic carbocycles. The lowest BCUT2D eigenvalue weighted by molar-refractivity contribution is 0.318. The first-order chi connectivity index (χ1) is 9.63. The molecule has 4 N–H and O–H groups in total. The molecule has 1 atom stereocenters. The number of hydrogen-bond donors (Lipinski definition) is 3. The quantitative estimate of drug-likeness (QED) is 0.310. The van der Waals surface area contributed by atoms with Gasteiger partial charge >= 0.3 is 0 Å². The largest absolute Gasteiger partial charge is 0.409 e. The molecule has 20 heavy (non-hydrogen) atoms. The van der Waals surface area contributed by atoms with Crippen molar-refractivity contribution in [1.82, 2.24) is 25.1 Å². The van der Waals surface area contributed by atoms with Crippen LogP contribution in [0.15, 0.2) is 29.8 Å². The van der Waals surface area contributed by atoms with Crippen molar-refractivity contribution in [2.45, 2.75) is 19.5 Å². The Morgan fingerprint density at radius 3 is 3.05 bits per heavy atom. The Labute approximate surface area is 116 Å². The number of nitrogens with zero attached hydrogens (tertiary/aromatic N) is 5. The highest BCUT2D eigenvalue weighted by Crippen LogP contribution is 2.10. The van der Waals surface area contributed by atoms with Crippen molar-refractivity contribution in [3.05, 3.63) is 41.7 Å². The highest BCUT2D eigenvalue weighted by atomic mass is 16.4. The molecule has 0 saturated heterocycles. The van der Waals surface area contributed by atoms with Gasteiger partial charge in [0.2, 0.25) is 0 Å². The summed E-state index contributed by atoms with van der Waals surface area (Å²) < 4.78 is 1.85. The third-order valence-electron chi connectivity index (χ3n) is 2.97. The van der Waals surface area contributed by atoms with Gasteiger partial charge in [-0.2, -0.15) is 0 Å². The van der Waals surface area contributed by atoms with Gasteiger partial charge in [0.05, 0.1) is 6.04 Å². The Balaban J connectivity index is 2.10. The number of nitrogens with one attached hydrogen (secondary N) is 1. The van der Waals surface area contributed by atoms with E-state index in [9.17, 15) is 0 Å². The molecule has 0 amide bonds. The fourth-order valence-corrected chi connectivity index (χ4v) is 1.90. The van der Waals surface area contributed by atoms with Crippen LogP contribution < -0.4 is 11.1 Å². The van der Waals surface area contributed by atoms with Crippen molar-refractivity contribution in [1.29, 1.82) is 0 Å². The first kappa shape index (κ1) is 13.9. The molecule has 2 aromatic rings. The molecule has 8 nitrogen and oxygen atoms in total. The summed E-state index contributed by atoms with van der Waals surface area (Å²) in [7, 11) is 1.89. The number of pyridine rings is 1. The molecule has 0 spiro atoms. The molecule has 0 fully saturated rings. The molecule has 8 heteroatoms. The third kappa shape index (κ3) is 2.91. The molecular formula is C12H17N7O. The van der Waals surface area contributed by atoms with Gasteiger partial charge in [-0.25, -0.2) is 0 Å². The van der Waals surface area contributed by atoms with Gasteiger partial charge in [-0.1, -0.05) is 11.2 Å². The summed E-state index contributed by atoms with van der Waals surface area (Å²) in [6.07, 6.45) is 3.25. The lowest BCUT2D eigenvalue weighted by Gasteiger charge is -2.14. The number of oxime groups is 1. The molecule has 0 radical (unpaired) electrons. The van der Waals surface area contributed by atoms with Gasteiger partial charge in [0.15, 0.2) is 5.84 Å². The highest BCUT2D eigenvalue weighted by molar-refractivity contribution is 5.96. The van der Waals surface area contributed by atoms with Crippen molar-refractivity contribution in [2.24, 2.45) is 17.9 Å². The lowest BCUT2D eigenvalue weighted by Crippen LogP contribution is -2.24. The summed E-state index contributed by atoms with van der Waals surface area (Å²) in [6.45, 7) is 2.51. The fraction of sp³-hybridized carbons (Fsp3) is 0.333. The van der Waals surface area contributed by atoms with Crippen LogP contribution in [0.3, 0.4) is 0 Å². The van der Waals surface area contributed by atoms with Gasteiger partial charge in [0.25, 0.3) is 0 Å². The normalized spacial score (nSPS) is 13.4. The summed E-state index contributed by atoms with van der Waals surface area (Å²) in [4.78, 5) is 4.12. The zero-order valence-corrected chi connectivity index (χ0v) is 11.4. The molecule has 0 bridgehead atoms. The SMILES string of the molecule is CC(NCc1cccnc1C(N)=NO)c1nncn1C. The second-order valence-electron chi connectivity index (χ2n) is 4.40. The zero-order valence-electron chi connectivity index (χ0n) is 11.4. The van der Waals surface area contributed by atoms with E-state index in [1.165, 1.54) is 0 Å². The van der Waals surface area contributed by atoms with Crippen LogP contribution in [0, 0.1) is 0 Å². The zero-order chi connectivity index (χ0) is 14.5. The summed E-state index contributed by atoms with van der Waals surface area (Å²) >= 11 is 0. The van der Waals surface area contributed by atoms with E-state index in [0.29, 0.717) is 12.2 Å². The van der Waals surface area contributed by atoms with Gasteiger partial charge in [0, 0.05) is 19.8 Å². The van der Waals surface area contributed by atoms with Crippen LogP contribution in [-0.2, 0) is 13.6 Å². The predicted molar refractivity (Wildman–Crippen MR) is 73.0 cm³/mol. The predicted octanol–water partition coefficient (Wildman–Crippen LogP) is 0.155. The van der Waals surface area contributed by atoms with Crippen LogP contribution in [0.25, 0.3) is 0 Å². The minimum atomic E-state index is -0.00582. The summed E-state index contributed by atoms with van der Waals surface area (Å²) in [6, 6.07) is 3.69. The number of hydrogen-bond acceptors (Lipinski definition) is 6. The number of rotatable bonds is 5. The average molecular weight is 275 g/mol. The van der Waals surface area contributed by atoms with Gasteiger partial charge in [-0.15, -0.1) is 10.2 Å². The van der Waals surface area contributed by atoms with Crippen molar-refractivity contribution >= 4 is 5.84 Å². The molecule has 0 aliphatic heterocycles. The standard InChI is InChI=1S/C12H17N7O/c1-8(12-17-16-7-19(12)2)15-6-9-4-3-5-14-10(9)11(13)18-20/h3-5,7-8,15,20H,6H2,1-2H3,(H2,13,18). The van der Waals surface area contributed by atoms with Crippen molar-refractivity contribution in [3.8, 4) is 0 Å². The van der Waals surface area contributed by atoms with Crippen LogP contribution in [0.5, 0.6) is 0 Å². The number of amidine groups is 1. The summed E-state index contributed by atoms with van der Waals surface area (Å²) in [5, 5.41) is 22.9. The van der Waals surface area contributed by atoms with Crippen molar-refractivity contribution < 1.29 is 5.21 Å². The van der Waals surface area contributed by atoms with Gasteiger partial charge < -0.3 is 20.8 Å². The van der Waals surface area contributed by atoms with E-state index >= 15 is 0 Å². The summed E-state index contributed by atoms with van der Waals surface area (Å²) in [5.74, 6) is 0.827. The van der Waals surface area contributed by atoms with Gasteiger partial charge in [-0.3, -0.25) is 4.98 Å². The van der Waals surface area contributed by atoms with Crippen LogP contribution in [0.4, 0.5) is 0 Å². The molecule has 0 aliphatic carbocycles. The number of nitrogens with two attached hydrogens (primary N) is 1. The maximum Gasteiger partial charge on any atom is 0.189 e. The Hall–Kier alpha value is -2.48. The molecular weight excluding hydrogens is 258 g/mol. The molecule has 106 valence electrons. The molecule has 0 saturated carbocycles.